The normalized spacial score (nSPS) is 32.7. The number of nitrogens with one attached hydrogen (secondary N) is 1. The van der Waals surface area contributed by atoms with E-state index in [4.69, 9.17) is 0 Å². The summed E-state index contributed by atoms with van der Waals surface area (Å²) >= 11 is 7.42. The Hall–Kier alpha value is -1.21. The summed E-state index contributed by atoms with van der Waals surface area (Å²) in [7, 11) is 0. The van der Waals surface area contributed by atoms with Crippen LogP contribution < -0.4 is 5.32 Å². The van der Waals surface area contributed by atoms with Crippen molar-refractivity contribution in [3.8, 4) is 0 Å². The van der Waals surface area contributed by atoms with E-state index >= 15 is 0 Å². The smallest absolute Gasteiger partial charge is 0.233 e. The molecular weight excluding hydrogens is 500 g/mol. The fourth-order valence-electron chi connectivity index (χ4n) is 5.22. The molecule has 0 radical (unpaired) electrons. The van der Waals surface area contributed by atoms with Crippen LogP contribution in [0.2, 0.25) is 0 Å². The molecule has 7 heteroatoms. The number of hydrogen-bond acceptors (Lipinski definition) is 3. The van der Waals surface area contributed by atoms with Crippen LogP contribution in [0.15, 0.2) is 24.3 Å². The largest absolute Gasteiger partial charge is 0.326 e. The predicted octanol–water partition coefficient (Wildman–Crippen LogP) is 4.27. The molecule has 2 bridgehead atoms. The van der Waals surface area contributed by atoms with E-state index in [0.717, 1.165) is 36.9 Å². The molecule has 1 aromatic rings. The minimum Gasteiger partial charge on any atom is -0.326 e. The molecule has 2 saturated carbocycles. The monoisotopic (exact) mass is 524 g/mol. The number of carbonyl (C=O) groups excluding carboxylic acids is 3. The molecule has 4 rings (SSSR count). The van der Waals surface area contributed by atoms with Crippen molar-refractivity contribution in [2.45, 2.75) is 48.7 Å². The average Bonchev–Trinajstić information content (AvgIpc) is 3.29. The molecule has 1 heterocycles. The topological polar surface area (TPSA) is 66.5 Å². The number of amides is 3. The molecule has 1 N–H and O–H groups in total. The fraction of sp³-hybridized carbons (Fsp3) is 0.591. The first-order chi connectivity index (χ1) is 13.9. The van der Waals surface area contributed by atoms with Gasteiger partial charge in [0, 0.05) is 28.3 Å². The van der Waals surface area contributed by atoms with Crippen LogP contribution in [0, 0.1) is 30.6 Å². The molecule has 2 aliphatic carbocycles. The van der Waals surface area contributed by atoms with Gasteiger partial charge < -0.3 is 5.32 Å². The highest BCUT2D eigenvalue weighted by molar-refractivity contribution is 9.12. The van der Waals surface area contributed by atoms with E-state index in [2.05, 4.69) is 37.2 Å². The number of anilines is 1. The number of alkyl halides is 2. The first-order valence-corrected chi connectivity index (χ1v) is 12.2. The molecule has 5 nitrogen and oxygen atoms in total. The zero-order valence-corrected chi connectivity index (χ0v) is 19.6. The van der Waals surface area contributed by atoms with Gasteiger partial charge in [0.15, 0.2) is 0 Å². The van der Waals surface area contributed by atoms with Crippen LogP contribution in [0.25, 0.3) is 0 Å². The summed E-state index contributed by atoms with van der Waals surface area (Å²) in [6.07, 6.45) is 3.73. The van der Waals surface area contributed by atoms with Crippen LogP contribution >= 0.6 is 31.9 Å². The molecule has 29 heavy (non-hydrogen) atoms. The third kappa shape index (κ3) is 3.92. The molecule has 3 aliphatic rings. The Bertz CT molecular complexity index is 781. The maximum Gasteiger partial charge on any atom is 0.233 e. The number of likely N-dealkylation sites (tertiary alicyclic amines) is 1. The molecular formula is C22H26Br2N2O3. The summed E-state index contributed by atoms with van der Waals surface area (Å²) in [5.41, 5.74) is 1.97. The van der Waals surface area contributed by atoms with Gasteiger partial charge >= 0.3 is 0 Å². The highest BCUT2D eigenvalue weighted by Gasteiger charge is 2.66. The number of carbonyl (C=O) groups is 3. The van der Waals surface area contributed by atoms with Crippen molar-refractivity contribution in [3.63, 3.8) is 0 Å². The highest BCUT2D eigenvalue weighted by atomic mass is 79.9. The zero-order chi connectivity index (χ0) is 20.7. The first-order valence-electron chi connectivity index (χ1n) is 10.4. The first kappa shape index (κ1) is 21.0. The van der Waals surface area contributed by atoms with Crippen LogP contribution in [0.3, 0.4) is 0 Å². The number of rotatable bonds is 7. The van der Waals surface area contributed by atoms with E-state index in [1.54, 1.807) is 0 Å². The second-order valence-electron chi connectivity index (χ2n) is 8.56. The second kappa shape index (κ2) is 8.50. The van der Waals surface area contributed by atoms with Crippen molar-refractivity contribution in [2.24, 2.45) is 23.7 Å². The van der Waals surface area contributed by atoms with Gasteiger partial charge in [-0.3, -0.25) is 19.3 Å². The van der Waals surface area contributed by atoms with Gasteiger partial charge in [0.1, 0.15) is 0 Å². The van der Waals surface area contributed by atoms with Crippen molar-refractivity contribution in [1.29, 1.82) is 0 Å². The van der Waals surface area contributed by atoms with Gasteiger partial charge in [-0.2, -0.15) is 0 Å². The van der Waals surface area contributed by atoms with Crippen LogP contribution in [-0.4, -0.2) is 38.8 Å². The van der Waals surface area contributed by atoms with E-state index < -0.39 is 0 Å². The number of unbranched alkanes of at least 4 members (excludes halogenated alkanes) is 2. The Kier molecular flexibility index (Phi) is 6.17. The summed E-state index contributed by atoms with van der Waals surface area (Å²) in [4.78, 5) is 39.8. The van der Waals surface area contributed by atoms with Crippen LogP contribution in [0.5, 0.6) is 0 Å². The number of imide groups is 1. The standard InChI is InChI=1S/C22H26Br2N2O3/c1-12-6-8-13(9-7-12)25-16(27)5-3-2-4-10-26-21(28)17-14-11-15(18(17)22(26)29)20(24)19(14)23/h6-9,14-15,17-20H,2-5,10-11H2,1H3,(H,25,27)/t14-,15-,17-,18-,19-,20+/m1/s1. The minimum atomic E-state index is -0.133. The number of fused-ring (bicyclic) bond motifs is 5. The van der Waals surface area contributed by atoms with Crippen molar-refractivity contribution in [1.82, 2.24) is 4.90 Å². The Balaban J connectivity index is 1.20. The molecule has 1 saturated heterocycles. The lowest BCUT2D eigenvalue weighted by molar-refractivity contribution is -0.140. The Labute approximate surface area is 188 Å². The average molecular weight is 526 g/mol. The van der Waals surface area contributed by atoms with Crippen molar-refractivity contribution in [2.75, 3.05) is 11.9 Å². The number of halogens is 2. The van der Waals surface area contributed by atoms with Crippen molar-refractivity contribution >= 4 is 55.3 Å². The summed E-state index contributed by atoms with van der Waals surface area (Å²) < 4.78 is 0. The maximum absolute atomic E-state index is 12.8. The van der Waals surface area contributed by atoms with Gasteiger partial charge in [0.2, 0.25) is 17.7 Å². The molecule has 0 spiro atoms. The quantitative estimate of drug-likeness (QED) is 0.328. The molecule has 0 unspecified atom stereocenters. The SMILES string of the molecule is Cc1ccc(NC(=O)CCCCCN2C(=O)[C@@H]3[C@H]4C[C@@H]([C@@H](Br)[C@H]4Br)[C@H]3C2=O)cc1. The van der Waals surface area contributed by atoms with Gasteiger partial charge in [0.05, 0.1) is 11.8 Å². The van der Waals surface area contributed by atoms with Crippen LogP contribution in [-0.2, 0) is 14.4 Å². The molecule has 1 aromatic carbocycles. The predicted molar refractivity (Wildman–Crippen MR) is 119 cm³/mol. The number of nitrogens with zero attached hydrogens (tertiary/aromatic N) is 1. The lowest BCUT2D eigenvalue weighted by atomic mass is 9.81. The van der Waals surface area contributed by atoms with E-state index in [9.17, 15) is 14.4 Å². The summed E-state index contributed by atoms with van der Waals surface area (Å²) in [6.45, 7) is 2.49. The molecule has 0 aromatic heterocycles. The number of benzene rings is 1. The van der Waals surface area contributed by atoms with E-state index in [-0.39, 0.29) is 51.0 Å². The summed E-state index contributed by atoms with van der Waals surface area (Å²) in [6, 6.07) is 7.74. The Morgan fingerprint density at radius 1 is 1.00 bits per heavy atom. The molecule has 6 atom stereocenters. The fourth-order valence-corrected chi connectivity index (χ4v) is 7.10. The zero-order valence-electron chi connectivity index (χ0n) is 16.4. The Morgan fingerprint density at radius 2 is 1.59 bits per heavy atom. The Morgan fingerprint density at radius 3 is 2.17 bits per heavy atom. The van der Waals surface area contributed by atoms with E-state index in [1.165, 1.54) is 4.90 Å². The van der Waals surface area contributed by atoms with Gasteiger partial charge in [-0.05, 0) is 50.2 Å². The van der Waals surface area contributed by atoms with Crippen LogP contribution in [0.1, 0.15) is 37.7 Å². The molecule has 3 amide bonds. The third-order valence-electron chi connectivity index (χ3n) is 6.70. The molecule has 3 fully saturated rings. The lowest BCUT2D eigenvalue weighted by Gasteiger charge is -2.28. The maximum atomic E-state index is 12.8. The second-order valence-corrected chi connectivity index (χ2v) is 10.7. The van der Waals surface area contributed by atoms with Gasteiger partial charge in [0.25, 0.3) is 0 Å². The summed E-state index contributed by atoms with van der Waals surface area (Å²) in [5.74, 6) is 0.307. The minimum absolute atomic E-state index is 0.0000100. The number of aryl methyl sites for hydroxylation is 1. The third-order valence-corrected chi connectivity index (χ3v) is 9.91. The van der Waals surface area contributed by atoms with E-state index in [1.807, 2.05) is 31.2 Å². The molecule has 1 aliphatic heterocycles. The van der Waals surface area contributed by atoms with Gasteiger partial charge in [-0.25, -0.2) is 0 Å². The summed E-state index contributed by atoms with van der Waals surface area (Å²) in [5, 5.41) is 2.90. The van der Waals surface area contributed by atoms with Gasteiger partial charge in [-0.15, -0.1) is 0 Å². The lowest BCUT2D eigenvalue weighted by Crippen LogP contribution is -2.37. The molecule has 156 valence electrons. The van der Waals surface area contributed by atoms with Crippen LogP contribution in [0.4, 0.5) is 5.69 Å². The van der Waals surface area contributed by atoms with Crippen molar-refractivity contribution in [3.05, 3.63) is 29.8 Å². The highest BCUT2D eigenvalue weighted by Crippen LogP contribution is 2.60. The van der Waals surface area contributed by atoms with Gasteiger partial charge in [-0.1, -0.05) is 56.0 Å². The van der Waals surface area contributed by atoms with Crippen molar-refractivity contribution < 1.29 is 14.4 Å². The van der Waals surface area contributed by atoms with E-state index in [0.29, 0.717) is 13.0 Å². The number of hydrogen-bond donors (Lipinski definition) is 1.